The predicted octanol–water partition coefficient (Wildman–Crippen LogP) is 3.69. The lowest BCUT2D eigenvalue weighted by atomic mass is 9.78. The molecule has 0 aromatic heterocycles. The number of hydrogen-bond donors (Lipinski definition) is 1. The summed E-state index contributed by atoms with van der Waals surface area (Å²) in [4.78, 5) is 0. The van der Waals surface area contributed by atoms with Crippen molar-refractivity contribution in [2.24, 2.45) is 11.3 Å². The maximum Gasteiger partial charge on any atom is 0.0166 e. The maximum absolute atomic E-state index is 3.85. The lowest BCUT2D eigenvalue weighted by molar-refractivity contribution is 0.217. The molecule has 1 saturated heterocycles. The molecule has 1 saturated carbocycles. The van der Waals surface area contributed by atoms with Gasteiger partial charge in [0.05, 0.1) is 0 Å². The molecule has 16 heavy (non-hydrogen) atoms. The molecule has 0 radical (unpaired) electrons. The fourth-order valence-electron chi connectivity index (χ4n) is 3.50. The van der Waals surface area contributed by atoms with E-state index in [0.29, 0.717) is 5.41 Å². The van der Waals surface area contributed by atoms with Gasteiger partial charge in [-0.05, 0) is 42.8 Å². The molecule has 1 aliphatic heterocycles. The van der Waals surface area contributed by atoms with E-state index in [1.54, 1.807) is 0 Å². The first-order valence-corrected chi connectivity index (χ1v) is 8.17. The number of hydrogen-bond acceptors (Lipinski definition) is 2. The molecular weight excluding hydrogens is 214 g/mol. The Balaban J connectivity index is 1.81. The third kappa shape index (κ3) is 3.40. The average molecular weight is 241 g/mol. The van der Waals surface area contributed by atoms with Crippen LogP contribution in [-0.2, 0) is 0 Å². The Bertz CT molecular complexity index is 203. The highest BCUT2D eigenvalue weighted by molar-refractivity contribution is 7.99. The van der Waals surface area contributed by atoms with Crippen LogP contribution >= 0.6 is 11.8 Å². The van der Waals surface area contributed by atoms with Gasteiger partial charge < -0.3 is 5.32 Å². The van der Waals surface area contributed by atoms with Crippen molar-refractivity contribution < 1.29 is 0 Å². The third-order valence-electron chi connectivity index (χ3n) is 4.20. The van der Waals surface area contributed by atoms with Crippen molar-refractivity contribution in [3.05, 3.63) is 0 Å². The van der Waals surface area contributed by atoms with E-state index in [-0.39, 0.29) is 0 Å². The van der Waals surface area contributed by atoms with Crippen molar-refractivity contribution in [2.45, 2.75) is 58.4 Å². The van der Waals surface area contributed by atoms with Gasteiger partial charge in [-0.3, -0.25) is 0 Å². The van der Waals surface area contributed by atoms with E-state index in [9.17, 15) is 0 Å². The van der Waals surface area contributed by atoms with Gasteiger partial charge in [0.15, 0.2) is 0 Å². The highest BCUT2D eigenvalue weighted by atomic mass is 32.2. The van der Waals surface area contributed by atoms with Gasteiger partial charge in [0.2, 0.25) is 0 Å². The topological polar surface area (TPSA) is 12.0 Å². The molecule has 0 aromatic rings. The van der Waals surface area contributed by atoms with Gasteiger partial charge in [-0.25, -0.2) is 0 Å². The van der Waals surface area contributed by atoms with Crippen molar-refractivity contribution in [2.75, 3.05) is 18.1 Å². The van der Waals surface area contributed by atoms with Crippen LogP contribution in [0.25, 0.3) is 0 Å². The molecule has 1 N–H and O–H groups in total. The molecule has 2 rings (SSSR count). The zero-order chi connectivity index (χ0) is 11.4. The first-order chi connectivity index (χ1) is 7.70. The molecule has 2 fully saturated rings. The first-order valence-electron chi connectivity index (χ1n) is 7.01. The fraction of sp³-hybridized carbons (Fsp3) is 1.00. The second-order valence-electron chi connectivity index (χ2n) is 6.25. The van der Waals surface area contributed by atoms with Gasteiger partial charge in [0.25, 0.3) is 0 Å². The molecular formula is C14H27NS. The molecule has 1 unspecified atom stereocenters. The molecule has 1 nitrogen and oxygen atoms in total. The summed E-state index contributed by atoms with van der Waals surface area (Å²) < 4.78 is 0. The van der Waals surface area contributed by atoms with Crippen LogP contribution in [0, 0.1) is 11.3 Å². The lowest BCUT2D eigenvalue weighted by Crippen LogP contribution is -2.39. The Kier molecular flexibility index (Phi) is 4.60. The van der Waals surface area contributed by atoms with Gasteiger partial charge in [-0.1, -0.05) is 26.7 Å². The highest BCUT2D eigenvalue weighted by Gasteiger charge is 2.34. The van der Waals surface area contributed by atoms with Crippen molar-refractivity contribution in [1.29, 1.82) is 0 Å². The van der Waals surface area contributed by atoms with E-state index >= 15 is 0 Å². The molecule has 2 heteroatoms. The Morgan fingerprint density at radius 1 is 1.31 bits per heavy atom. The van der Waals surface area contributed by atoms with E-state index in [0.717, 1.165) is 12.0 Å². The summed E-state index contributed by atoms with van der Waals surface area (Å²) in [7, 11) is 0. The highest BCUT2D eigenvalue weighted by Crippen LogP contribution is 2.42. The third-order valence-corrected chi connectivity index (χ3v) is 5.36. The van der Waals surface area contributed by atoms with Crippen molar-refractivity contribution in [3.8, 4) is 0 Å². The molecule has 0 bridgehead atoms. The van der Waals surface area contributed by atoms with Crippen LogP contribution in [0.4, 0.5) is 0 Å². The molecule has 0 aromatic carbocycles. The van der Waals surface area contributed by atoms with E-state index in [2.05, 4.69) is 30.9 Å². The molecule has 1 aliphatic carbocycles. The Labute approximate surface area is 105 Å². The van der Waals surface area contributed by atoms with Gasteiger partial charge in [0.1, 0.15) is 0 Å². The minimum absolute atomic E-state index is 0.654. The van der Waals surface area contributed by atoms with Crippen LogP contribution in [-0.4, -0.2) is 24.1 Å². The molecule has 1 atom stereocenters. The Morgan fingerprint density at radius 3 is 2.62 bits per heavy atom. The Hall–Kier alpha value is 0.310. The maximum atomic E-state index is 3.85. The van der Waals surface area contributed by atoms with Crippen LogP contribution in [0.1, 0.15) is 52.4 Å². The minimum atomic E-state index is 0.654. The van der Waals surface area contributed by atoms with Crippen LogP contribution in [0.2, 0.25) is 0 Å². The summed E-state index contributed by atoms with van der Waals surface area (Å²) in [5, 5.41) is 3.85. The smallest absolute Gasteiger partial charge is 0.0166 e. The molecule has 0 spiro atoms. The van der Waals surface area contributed by atoms with E-state index < -0.39 is 0 Å². The van der Waals surface area contributed by atoms with Crippen LogP contribution in [0.3, 0.4) is 0 Å². The molecule has 94 valence electrons. The summed E-state index contributed by atoms with van der Waals surface area (Å²) in [5.41, 5.74) is 0.654. The van der Waals surface area contributed by atoms with Crippen molar-refractivity contribution in [3.63, 3.8) is 0 Å². The Morgan fingerprint density at radius 2 is 2.06 bits per heavy atom. The number of nitrogens with one attached hydrogen (secondary N) is 1. The van der Waals surface area contributed by atoms with Gasteiger partial charge in [-0.15, -0.1) is 0 Å². The summed E-state index contributed by atoms with van der Waals surface area (Å²) in [6, 6.07) is 0.814. The molecule has 1 heterocycles. The van der Waals surface area contributed by atoms with Crippen LogP contribution in [0.15, 0.2) is 0 Å². The zero-order valence-electron chi connectivity index (χ0n) is 10.9. The standard InChI is InChI=1S/C14H27NS/c1-12(2)9-14(6-3-4-7-14)11-15-13-5-8-16-10-13/h12-13,15H,3-11H2,1-2H3. The van der Waals surface area contributed by atoms with E-state index in [4.69, 9.17) is 0 Å². The van der Waals surface area contributed by atoms with Crippen LogP contribution in [0.5, 0.6) is 0 Å². The second-order valence-corrected chi connectivity index (χ2v) is 7.40. The summed E-state index contributed by atoms with van der Waals surface area (Å²) in [5.74, 6) is 3.57. The minimum Gasteiger partial charge on any atom is -0.313 e. The summed E-state index contributed by atoms with van der Waals surface area (Å²) in [6.45, 7) is 6.05. The van der Waals surface area contributed by atoms with Gasteiger partial charge >= 0.3 is 0 Å². The first kappa shape index (κ1) is 12.8. The van der Waals surface area contributed by atoms with Gasteiger partial charge in [-0.2, -0.15) is 11.8 Å². The fourth-order valence-corrected chi connectivity index (χ4v) is 4.69. The van der Waals surface area contributed by atoms with E-state index in [1.807, 2.05) is 0 Å². The van der Waals surface area contributed by atoms with Crippen LogP contribution < -0.4 is 5.32 Å². The van der Waals surface area contributed by atoms with Crippen molar-refractivity contribution >= 4 is 11.8 Å². The monoisotopic (exact) mass is 241 g/mol. The normalized spacial score (nSPS) is 29.1. The number of thioether (sulfide) groups is 1. The second kappa shape index (κ2) is 5.77. The van der Waals surface area contributed by atoms with Crippen molar-refractivity contribution in [1.82, 2.24) is 5.32 Å². The number of rotatable bonds is 5. The van der Waals surface area contributed by atoms with E-state index in [1.165, 1.54) is 56.6 Å². The van der Waals surface area contributed by atoms with Gasteiger partial charge in [0, 0.05) is 18.3 Å². The molecule has 2 aliphatic rings. The SMILES string of the molecule is CC(C)CC1(CNC2CCSC2)CCCC1. The average Bonchev–Trinajstić information content (AvgIpc) is 2.84. The predicted molar refractivity (Wildman–Crippen MR) is 74.1 cm³/mol. The largest absolute Gasteiger partial charge is 0.313 e. The summed E-state index contributed by atoms with van der Waals surface area (Å²) in [6.07, 6.45) is 8.69. The zero-order valence-corrected chi connectivity index (χ0v) is 11.7. The lowest BCUT2D eigenvalue weighted by Gasteiger charge is -2.32. The summed E-state index contributed by atoms with van der Waals surface area (Å²) >= 11 is 2.11. The quantitative estimate of drug-likeness (QED) is 0.788. The molecule has 0 amide bonds.